The molecule has 1 heterocycles. The van der Waals surface area contributed by atoms with Crippen molar-refractivity contribution in [2.75, 3.05) is 33.5 Å². The molecule has 176 valence electrons. The largest absolute Gasteiger partial charge is 0.491 e. The normalized spacial score (nSPS) is 23.3. The van der Waals surface area contributed by atoms with Crippen LogP contribution in [0.3, 0.4) is 0 Å². The first-order valence-corrected chi connectivity index (χ1v) is 11.5. The SMILES string of the molecule is CCCOCCOc1ccc(Cc2cc(C3(OC)CC(O)CC(CO)O3)ccc2Cl)cc1. The first-order chi connectivity index (χ1) is 15.5. The fraction of sp³-hybridized carbons (Fsp3) is 0.520. The zero-order valence-corrected chi connectivity index (χ0v) is 19.5. The molecule has 1 aliphatic heterocycles. The minimum Gasteiger partial charge on any atom is -0.491 e. The lowest BCUT2D eigenvalue weighted by Crippen LogP contribution is -2.46. The lowest BCUT2D eigenvalue weighted by atomic mass is 9.91. The third-order valence-electron chi connectivity index (χ3n) is 5.58. The average molecular weight is 465 g/mol. The molecule has 1 aliphatic rings. The molecule has 1 fully saturated rings. The fourth-order valence-electron chi connectivity index (χ4n) is 3.94. The van der Waals surface area contributed by atoms with E-state index in [1.54, 1.807) is 7.11 Å². The van der Waals surface area contributed by atoms with Crippen LogP contribution in [0, 0.1) is 0 Å². The number of hydrogen-bond acceptors (Lipinski definition) is 6. The minimum absolute atomic E-state index is 0.179. The summed E-state index contributed by atoms with van der Waals surface area (Å²) >= 11 is 6.49. The van der Waals surface area contributed by atoms with Gasteiger partial charge in [0.1, 0.15) is 12.4 Å². The van der Waals surface area contributed by atoms with Gasteiger partial charge in [0.05, 0.1) is 25.4 Å². The molecule has 0 amide bonds. The van der Waals surface area contributed by atoms with Crippen LogP contribution in [0.15, 0.2) is 42.5 Å². The molecule has 0 spiro atoms. The van der Waals surface area contributed by atoms with Gasteiger partial charge in [0.2, 0.25) is 0 Å². The molecule has 7 heteroatoms. The van der Waals surface area contributed by atoms with E-state index in [-0.39, 0.29) is 13.0 Å². The molecule has 0 aliphatic carbocycles. The molecule has 0 aromatic heterocycles. The quantitative estimate of drug-likeness (QED) is 0.488. The Bertz CT molecular complexity index is 843. The minimum atomic E-state index is -1.12. The molecule has 32 heavy (non-hydrogen) atoms. The monoisotopic (exact) mass is 464 g/mol. The van der Waals surface area contributed by atoms with Gasteiger partial charge in [-0.25, -0.2) is 0 Å². The second-order valence-electron chi connectivity index (χ2n) is 8.06. The predicted molar refractivity (Wildman–Crippen MR) is 123 cm³/mol. The topological polar surface area (TPSA) is 77.4 Å². The highest BCUT2D eigenvalue weighted by atomic mass is 35.5. The van der Waals surface area contributed by atoms with Crippen molar-refractivity contribution in [1.82, 2.24) is 0 Å². The molecule has 2 aromatic carbocycles. The van der Waals surface area contributed by atoms with Crippen LogP contribution in [0.1, 0.15) is 42.9 Å². The number of hydrogen-bond donors (Lipinski definition) is 2. The molecule has 3 atom stereocenters. The van der Waals surface area contributed by atoms with Crippen molar-refractivity contribution in [1.29, 1.82) is 0 Å². The zero-order valence-electron chi connectivity index (χ0n) is 18.8. The highest BCUT2D eigenvalue weighted by Crippen LogP contribution is 2.40. The second-order valence-corrected chi connectivity index (χ2v) is 8.47. The maximum absolute atomic E-state index is 10.3. The summed E-state index contributed by atoms with van der Waals surface area (Å²) in [4.78, 5) is 0. The molecular weight excluding hydrogens is 432 g/mol. The third-order valence-corrected chi connectivity index (χ3v) is 5.95. The third kappa shape index (κ3) is 6.44. The molecule has 0 saturated carbocycles. The van der Waals surface area contributed by atoms with Gasteiger partial charge in [0.15, 0.2) is 5.79 Å². The summed E-state index contributed by atoms with van der Waals surface area (Å²) in [5, 5.41) is 20.5. The number of methoxy groups -OCH3 is 1. The summed E-state index contributed by atoms with van der Waals surface area (Å²) in [5.41, 5.74) is 2.78. The Labute approximate surface area is 195 Å². The van der Waals surface area contributed by atoms with E-state index in [0.717, 1.165) is 35.5 Å². The fourth-order valence-corrected chi connectivity index (χ4v) is 4.13. The van der Waals surface area contributed by atoms with Gasteiger partial charge in [-0.15, -0.1) is 0 Å². The van der Waals surface area contributed by atoms with E-state index in [4.69, 9.17) is 30.5 Å². The van der Waals surface area contributed by atoms with Crippen LogP contribution in [-0.2, 0) is 26.4 Å². The highest BCUT2D eigenvalue weighted by Gasteiger charge is 2.43. The lowest BCUT2D eigenvalue weighted by Gasteiger charge is -2.42. The van der Waals surface area contributed by atoms with E-state index in [2.05, 4.69) is 6.92 Å². The van der Waals surface area contributed by atoms with Gasteiger partial charge in [-0.1, -0.05) is 36.7 Å². The van der Waals surface area contributed by atoms with E-state index < -0.39 is 18.0 Å². The Morgan fingerprint density at radius 2 is 1.91 bits per heavy atom. The molecule has 6 nitrogen and oxygen atoms in total. The summed E-state index contributed by atoms with van der Waals surface area (Å²) in [6, 6.07) is 13.5. The summed E-state index contributed by atoms with van der Waals surface area (Å²) in [6.07, 6.45) is 1.17. The van der Waals surface area contributed by atoms with Crippen LogP contribution >= 0.6 is 11.6 Å². The predicted octanol–water partition coefficient (Wildman–Crippen LogP) is 4.07. The molecule has 0 radical (unpaired) electrons. The summed E-state index contributed by atoms with van der Waals surface area (Å²) in [6.45, 7) is 3.74. The molecule has 1 saturated heterocycles. The number of benzene rings is 2. The lowest BCUT2D eigenvalue weighted by molar-refractivity contribution is -0.298. The Morgan fingerprint density at radius 1 is 1.12 bits per heavy atom. The van der Waals surface area contributed by atoms with E-state index in [0.29, 0.717) is 31.1 Å². The standard InChI is InChI=1S/C25H33ClO6/c1-3-10-30-11-12-31-22-7-4-18(5-8-22)13-19-14-20(6-9-24(19)26)25(29-2)16-21(28)15-23(17-27)32-25/h4-9,14,21,23,27-28H,3,10-13,15-17H2,1-2H3. The van der Waals surface area contributed by atoms with Crippen molar-refractivity contribution in [2.24, 2.45) is 0 Å². The Balaban J connectivity index is 1.70. The molecule has 3 rings (SSSR count). The smallest absolute Gasteiger partial charge is 0.197 e. The molecule has 0 bridgehead atoms. The van der Waals surface area contributed by atoms with Crippen molar-refractivity contribution in [2.45, 2.75) is 50.6 Å². The van der Waals surface area contributed by atoms with Gasteiger partial charge in [0, 0.05) is 37.1 Å². The van der Waals surface area contributed by atoms with Gasteiger partial charge in [-0.2, -0.15) is 0 Å². The first-order valence-electron chi connectivity index (χ1n) is 11.1. The number of aliphatic hydroxyl groups is 2. The molecular formula is C25H33ClO6. The molecule has 2 N–H and O–H groups in total. The number of halogens is 1. The first kappa shape index (κ1) is 25.0. The van der Waals surface area contributed by atoms with Crippen LogP contribution in [0.5, 0.6) is 5.75 Å². The van der Waals surface area contributed by atoms with Crippen LogP contribution in [0.2, 0.25) is 5.02 Å². The average Bonchev–Trinajstić information content (AvgIpc) is 2.80. The Hall–Kier alpha value is -1.67. The van der Waals surface area contributed by atoms with E-state index in [1.165, 1.54) is 0 Å². The van der Waals surface area contributed by atoms with Gasteiger partial charge in [-0.3, -0.25) is 0 Å². The van der Waals surface area contributed by atoms with Crippen molar-refractivity contribution >= 4 is 11.6 Å². The van der Waals surface area contributed by atoms with E-state index in [9.17, 15) is 10.2 Å². The van der Waals surface area contributed by atoms with Crippen LogP contribution in [-0.4, -0.2) is 56.0 Å². The van der Waals surface area contributed by atoms with Crippen molar-refractivity contribution in [3.63, 3.8) is 0 Å². The Kier molecular flexibility index (Phi) is 9.34. The van der Waals surface area contributed by atoms with Crippen LogP contribution in [0.4, 0.5) is 0 Å². The molecule has 3 unspecified atom stereocenters. The maximum Gasteiger partial charge on any atom is 0.197 e. The van der Waals surface area contributed by atoms with Gasteiger partial charge < -0.3 is 29.2 Å². The summed E-state index contributed by atoms with van der Waals surface area (Å²) in [5.74, 6) is -0.325. The zero-order chi connectivity index (χ0) is 23.0. The highest BCUT2D eigenvalue weighted by molar-refractivity contribution is 6.31. The van der Waals surface area contributed by atoms with Crippen molar-refractivity contribution in [3.8, 4) is 5.75 Å². The molecule has 2 aromatic rings. The Morgan fingerprint density at radius 3 is 2.59 bits per heavy atom. The number of aliphatic hydroxyl groups excluding tert-OH is 2. The van der Waals surface area contributed by atoms with Gasteiger partial charge >= 0.3 is 0 Å². The van der Waals surface area contributed by atoms with Crippen molar-refractivity contribution in [3.05, 3.63) is 64.2 Å². The second kappa shape index (κ2) is 12.0. The summed E-state index contributed by atoms with van der Waals surface area (Å²) < 4.78 is 22.9. The van der Waals surface area contributed by atoms with Gasteiger partial charge in [0.25, 0.3) is 0 Å². The number of ether oxygens (including phenoxy) is 4. The van der Waals surface area contributed by atoms with E-state index >= 15 is 0 Å². The van der Waals surface area contributed by atoms with E-state index in [1.807, 2.05) is 42.5 Å². The maximum atomic E-state index is 10.3. The van der Waals surface area contributed by atoms with Gasteiger partial charge in [-0.05, 0) is 48.2 Å². The van der Waals surface area contributed by atoms with Crippen LogP contribution < -0.4 is 4.74 Å². The number of rotatable bonds is 11. The summed E-state index contributed by atoms with van der Waals surface area (Å²) in [7, 11) is 1.55. The van der Waals surface area contributed by atoms with Crippen molar-refractivity contribution < 1.29 is 29.2 Å². The van der Waals surface area contributed by atoms with Crippen LogP contribution in [0.25, 0.3) is 0 Å².